The van der Waals surface area contributed by atoms with Crippen LogP contribution in [0.15, 0.2) is 51.4 Å². The Hall–Kier alpha value is -4.22. The number of nitrogens with one attached hydrogen (secondary N) is 1. The SMILES string of the molecule is CCCCc1nc(C(F)(F)F)c(C(=O)O)n1C(N)(C(=O)O)C(CSC)c1ccc2oc(-c3ccccc3-c3nn[nH]n3)c(Br)c2c1. The van der Waals surface area contributed by atoms with Crippen molar-refractivity contribution in [2.24, 2.45) is 5.73 Å². The summed E-state index contributed by atoms with van der Waals surface area (Å²) in [5, 5.41) is 35.3. The molecule has 0 bridgehead atoms. The second-order valence-electron chi connectivity index (χ2n) is 10.4. The van der Waals surface area contributed by atoms with Crippen LogP contribution in [0.25, 0.3) is 33.7 Å². The van der Waals surface area contributed by atoms with Gasteiger partial charge in [0.05, 0.1) is 4.47 Å². The predicted octanol–water partition coefficient (Wildman–Crippen LogP) is 6.14. The van der Waals surface area contributed by atoms with Crippen molar-refractivity contribution in [2.45, 2.75) is 43.9 Å². The Labute approximate surface area is 271 Å². The number of carboxylic acid groups (broad SMARTS) is 2. The standard InChI is InChI=1S/C29H27BrF3N7O5S/c1-3-4-9-20-35-24(29(31,32)33)22(26(41)42)40(20)28(34,27(43)44)18(13-46-2)14-10-11-19-17(12-14)21(30)23(45-19)15-7-5-6-8-16(15)25-36-38-39-37-25/h5-8,10-12,18H,3-4,9,13,34H2,1-2H3,(H,41,42)(H,43,44)(H,36,37,38,39). The van der Waals surface area contributed by atoms with Gasteiger partial charge < -0.3 is 14.6 Å². The summed E-state index contributed by atoms with van der Waals surface area (Å²) in [6.07, 6.45) is -2.78. The Morgan fingerprint density at radius 2 is 1.89 bits per heavy atom. The van der Waals surface area contributed by atoms with Gasteiger partial charge in [-0.2, -0.15) is 30.1 Å². The molecule has 2 unspecified atom stereocenters. The Kier molecular flexibility index (Phi) is 9.28. The molecule has 0 aliphatic rings. The Morgan fingerprint density at radius 3 is 2.48 bits per heavy atom. The third-order valence-electron chi connectivity index (χ3n) is 7.56. The molecule has 0 spiro atoms. The van der Waals surface area contributed by atoms with Crippen LogP contribution < -0.4 is 5.73 Å². The Balaban J connectivity index is 1.72. The summed E-state index contributed by atoms with van der Waals surface area (Å²) in [6.45, 7) is 1.78. The maximum absolute atomic E-state index is 14.1. The van der Waals surface area contributed by atoms with E-state index in [0.717, 1.165) is 0 Å². The zero-order valence-corrected chi connectivity index (χ0v) is 26.7. The number of aromatic amines is 1. The number of imidazole rings is 1. The van der Waals surface area contributed by atoms with E-state index in [-0.39, 0.29) is 18.0 Å². The molecular formula is C29H27BrF3N7O5S. The number of carbonyl (C=O) groups is 2. The molecule has 5 rings (SSSR count). The predicted molar refractivity (Wildman–Crippen MR) is 166 cm³/mol. The number of aliphatic carboxylic acids is 1. The average Bonchev–Trinajstić information content (AvgIpc) is 3.76. The van der Waals surface area contributed by atoms with E-state index in [2.05, 4.69) is 41.5 Å². The Bertz CT molecular complexity index is 1910. The number of thioether (sulfide) groups is 1. The van der Waals surface area contributed by atoms with Crippen molar-refractivity contribution in [1.82, 2.24) is 30.2 Å². The van der Waals surface area contributed by atoms with Crippen LogP contribution in [-0.4, -0.2) is 64.3 Å². The molecule has 5 aromatic rings. The molecule has 0 radical (unpaired) electrons. The second kappa shape index (κ2) is 12.9. The number of halogens is 4. The molecule has 12 nitrogen and oxygen atoms in total. The number of fused-ring (bicyclic) bond motifs is 1. The number of hydrogen-bond donors (Lipinski definition) is 4. The minimum atomic E-state index is -5.18. The van der Waals surface area contributed by atoms with Crippen LogP contribution in [-0.2, 0) is 23.1 Å². The summed E-state index contributed by atoms with van der Waals surface area (Å²) in [5.41, 5.74) is 2.91. The van der Waals surface area contributed by atoms with Gasteiger partial charge >= 0.3 is 18.1 Å². The molecule has 2 atom stereocenters. The van der Waals surface area contributed by atoms with Gasteiger partial charge in [0.15, 0.2) is 11.4 Å². The molecule has 5 N–H and O–H groups in total. The normalized spacial score (nSPS) is 14.0. The molecule has 0 amide bonds. The number of tetrazole rings is 1. The zero-order chi connectivity index (χ0) is 33.4. The first-order valence-corrected chi connectivity index (χ1v) is 16.0. The first-order chi connectivity index (χ1) is 21.8. The summed E-state index contributed by atoms with van der Waals surface area (Å²) >= 11 is 4.80. The van der Waals surface area contributed by atoms with Gasteiger partial charge in [-0.25, -0.2) is 14.6 Å². The summed E-state index contributed by atoms with van der Waals surface area (Å²) in [4.78, 5) is 29.1. The number of aromatic nitrogens is 6. The fourth-order valence-corrected chi connectivity index (χ4v) is 6.82. The van der Waals surface area contributed by atoms with Crippen LogP contribution in [0.2, 0.25) is 0 Å². The molecule has 242 valence electrons. The molecule has 3 aromatic heterocycles. The molecule has 3 heterocycles. The lowest BCUT2D eigenvalue weighted by Crippen LogP contribution is -2.57. The van der Waals surface area contributed by atoms with Crippen LogP contribution in [0, 0.1) is 0 Å². The lowest BCUT2D eigenvalue weighted by atomic mass is 9.86. The maximum atomic E-state index is 14.1. The number of unbranched alkanes of at least 4 members (excludes halogenated alkanes) is 1. The van der Waals surface area contributed by atoms with Crippen molar-refractivity contribution >= 4 is 50.6 Å². The van der Waals surface area contributed by atoms with Gasteiger partial charge in [0.1, 0.15) is 17.2 Å². The number of nitrogens with two attached hydrogens (primary N) is 1. The number of nitrogens with zero attached hydrogens (tertiary/aromatic N) is 5. The average molecular weight is 723 g/mol. The first kappa shape index (κ1) is 33.2. The molecular weight excluding hydrogens is 695 g/mol. The van der Waals surface area contributed by atoms with Crippen LogP contribution in [0.3, 0.4) is 0 Å². The largest absolute Gasteiger partial charge is 0.478 e. The summed E-state index contributed by atoms with van der Waals surface area (Å²) in [7, 11) is 0. The van der Waals surface area contributed by atoms with Crippen LogP contribution in [0.4, 0.5) is 13.2 Å². The molecule has 2 aromatic carbocycles. The van der Waals surface area contributed by atoms with E-state index in [4.69, 9.17) is 10.2 Å². The monoisotopic (exact) mass is 721 g/mol. The Morgan fingerprint density at radius 1 is 1.17 bits per heavy atom. The number of benzene rings is 2. The maximum Gasteiger partial charge on any atom is 0.435 e. The number of aryl methyl sites for hydroxylation is 1. The third-order valence-corrected chi connectivity index (χ3v) is 9.01. The second-order valence-corrected chi connectivity index (χ2v) is 12.1. The van der Waals surface area contributed by atoms with E-state index in [1.54, 1.807) is 55.6 Å². The van der Waals surface area contributed by atoms with Crippen LogP contribution >= 0.6 is 27.7 Å². The first-order valence-electron chi connectivity index (χ1n) is 13.8. The molecule has 46 heavy (non-hydrogen) atoms. The lowest BCUT2D eigenvalue weighted by Gasteiger charge is -2.37. The van der Waals surface area contributed by atoms with Gasteiger partial charge in [0, 0.05) is 34.6 Å². The van der Waals surface area contributed by atoms with Crippen molar-refractivity contribution in [3.8, 4) is 22.7 Å². The fourth-order valence-electron chi connectivity index (χ4n) is 5.43. The number of furan rings is 1. The van der Waals surface area contributed by atoms with Crippen molar-refractivity contribution in [1.29, 1.82) is 0 Å². The van der Waals surface area contributed by atoms with Gasteiger partial charge in [-0.15, -0.1) is 10.2 Å². The highest BCUT2D eigenvalue weighted by Gasteiger charge is 2.52. The van der Waals surface area contributed by atoms with E-state index in [1.165, 1.54) is 11.8 Å². The highest BCUT2D eigenvalue weighted by molar-refractivity contribution is 9.10. The van der Waals surface area contributed by atoms with Crippen molar-refractivity contribution < 1.29 is 37.4 Å². The highest BCUT2D eigenvalue weighted by atomic mass is 79.9. The number of aromatic carboxylic acids is 1. The lowest BCUT2D eigenvalue weighted by molar-refractivity contribution is -0.149. The van der Waals surface area contributed by atoms with Crippen molar-refractivity contribution in [3.63, 3.8) is 0 Å². The molecule has 0 saturated carbocycles. The van der Waals surface area contributed by atoms with Crippen LogP contribution in [0.1, 0.15) is 53.3 Å². The fraction of sp³-hybridized carbons (Fsp3) is 0.310. The van der Waals surface area contributed by atoms with Gasteiger partial charge in [0.2, 0.25) is 11.5 Å². The highest BCUT2D eigenvalue weighted by Crippen LogP contribution is 2.44. The van der Waals surface area contributed by atoms with Gasteiger partial charge in [0.25, 0.3) is 0 Å². The smallest absolute Gasteiger partial charge is 0.435 e. The van der Waals surface area contributed by atoms with E-state index in [9.17, 15) is 33.0 Å². The van der Waals surface area contributed by atoms with Crippen LogP contribution in [0.5, 0.6) is 0 Å². The number of H-pyrrole nitrogens is 1. The summed E-state index contributed by atoms with van der Waals surface area (Å²) < 4.78 is 49.6. The summed E-state index contributed by atoms with van der Waals surface area (Å²) in [5.74, 6) is -4.60. The third kappa shape index (κ3) is 5.78. The molecule has 0 aliphatic carbocycles. The van der Waals surface area contributed by atoms with E-state index in [0.29, 0.717) is 61.1 Å². The number of rotatable bonds is 12. The number of hydrogen-bond acceptors (Lipinski definition) is 9. The van der Waals surface area contributed by atoms with Gasteiger partial charge in [-0.3, -0.25) is 10.3 Å². The molecule has 17 heteroatoms. The topological polar surface area (TPSA) is 186 Å². The number of carboxylic acids is 2. The molecule has 0 fully saturated rings. The molecule has 0 aliphatic heterocycles. The van der Waals surface area contributed by atoms with E-state index >= 15 is 0 Å². The van der Waals surface area contributed by atoms with E-state index in [1.807, 2.05) is 0 Å². The van der Waals surface area contributed by atoms with Gasteiger partial charge in [-0.05, 0) is 51.5 Å². The number of alkyl halides is 3. The van der Waals surface area contributed by atoms with Crippen molar-refractivity contribution in [3.05, 3.63) is 69.7 Å². The minimum absolute atomic E-state index is 0.00308. The van der Waals surface area contributed by atoms with Crippen molar-refractivity contribution in [2.75, 3.05) is 12.0 Å². The minimum Gasteiger partial charge on any atom is -0.478 e. The zero-order valence-electron chi connectivity index (χ0n) is 24.3. The summed E-state index contributed by atoms with van der Waals surface area (Å²) in [6, 6.07) is 12.0. The van der Waals surface area contributed by atoms with Gasteiger partial charge in [-0.1, -0.05) is 43.7 Å². The molecule has 0 saturated heterocycles. The quantitative estimate of drug-likeness (QED) is 0.116. The van der Waals surface area contributed by atoms with E-state index < -0.39 is 41.1 Å².